The molecular weight excluding hydrogens is 279 g/mol. The molecule has 106 valence electrons. The van der Waals surface area contributed by atoms with Crippen LogP contribution < -0.4 is 0 Å². The molecular formula is C12H14F3NO2S. The van der Waals surface area contributed by atoms with Gasteiger partial charge in [0, 0.05) is 19.1 Å². The molecule has 0 radical (unpaired) electrons. The van der Waals surface area contributed by atoms with Crippen LogP contribution in [-0.4, -0.2) is 35.2 Å². The van der Waals surface area contributed by atoms with E-state index >= 15 is 0 Å². The summed E-state index contributed by atoms with van der Waals surface area (Å²) in [5.74, 6) is -1.78. The van der Waals surface area contributed by atoms with Crippen molar-refractivity contribution in [3.63, 3.8) is 0 Å². The Kier molecular flexibility index (Phi) is 3.61. The summed E-state index contributed by atoms with van der Waals surface area (Å²) in [5.41, 5.74) is -1.70. The Hall–Kier alpha value is -1.08. The van der Waals surface area contributed by atoms with Gasteiger partial charge in [-0.25, -0.2) is 0 Å². The van der Waals surface area contributed by atoms with E-state index in [-0.39, 0.29) is 19.0 Å². The van der Waals surface area contributed by atoms with Gasteiger partial charge in [0.25, 0.3) is 0 Å². The maximum Gasteiger partial charge on any atom is 0.406 e. The number of carboxylic acids is 1. The third-order valence-electron chi connectivity index (χ3n) is 3.82. The van der Waals surface area contributed by atoms with Crippen LogP contribution in [0.3, 0.4) is 0 Å². The van der Waals surface area contributed by atoms with Crippen molar-refractivity contribution in [1.82, 2.24) is 4.90 Å². The number of carboxylic acid groups (broad SMARTS) is 1. The lowest BCUT2D eigenvalue weighted by Gasteiger charge is -2.29. The molecule has 1 aromatic rings. The molecule has 0 aromatic carbocycles. The van der Waals surface area contributed by atoms with E-state index in [2.05, 4.69) is 0 Å². The van der Waals surface area contributed by atoms with E-state index in [0.29, 0.717) is 0 Å². The van der Waals surface area contributed by atoms with Crippen molar-refractivity contribution in [2.45, 2.75) is 25.6 Å². The zero-order valence-corrected chi connectivity index (χ0v) is 11.1. The van der Waals surface area contributed by atoms with Gasteiger partial charge in [-0.15, -0.1) is 0 Å². The van der Waals surface area contributed by atoms with Gasteiger partial charge in [-0.1, -0.05) is 0 Å². The first kappa shape index (κ1) is 14.3. The fourth-order valence-electron chi connectivity index (χ4n) is 2.42. The minimum atomic E-state index is -4.72. The van der Waals surface area contributed by atoms with E-state index in [1.165, 1.54) is 11.3 Å². The summed E-state index contributed by atoms with van der Waals surface area (Å²) < 4.78 is 39.1. The lowest BCUT2D eigenvalue weighted by Crippen LogP contribution is -2.47. The summed E-state index contributed by atoms with van der Waals surface area (Å²) in [5, 5.41) is 12.7. The minimum Gasteiger partial charge on any atom is -0.481 e. The second-order valence-corrected chi connectivity index (χ2v) is 5.62. The number of nitrogens with zero attached hydrogens (tertiary/aromatic N) is 1. The average molecular weight is 293 g/mol. The van der Waals surface area contributed by atoms with Gasteiger partial charge >= 0.3 is 12.1 Å². The van der Waals surface area contributed by atoms with Crippen molar-refractivity contribution < 1.29 is 23.1 Å². The molecule has 7 heteroatoms. The lowest BCUT2D eigenvalue weighted by atomic mass is 9.86. The van der Waals surface area contributed by atoms with Crippen LogP contribution in [0.2, 0.25) is 0 Å². The smallest absolute Gasteiger partial charge is 0.406 e. The molecule has 1 aromatic heterocycles. The Morgan fingerprint density at radius 2 is 2.26 bits per heavy atom. The minimum absolute atomic E-state index is 0.142. The fraction of sp³-hybridized carbons (Fsp3) is 0.583. The van der Waals surface area contributed by atoms with E-state index in [4.69, 9.17) is 5.11 Å². The van der Waals surface area contributed by atoms with Gasteiger partial charge in [-0.3, -0.25) is 9.69 Å². The zero-order valence-electron chi connectivity index (χ0n) is 10.3. The second-order valence-electron chi connectivity index (χ2n) is 4.84. The van der Waals surface area contributed by atoms with E-state index < -0.39 is 24.1 Å². The molecule has 0 amide bonds. The number of alkyl halides is 3. The molecule has 2 rings (SSSR count). The predicted molar refractivity (Wildman–Crippen MR) is 65.0 cm³/mol. The number of carbonyl (C=O) groups is 1. The molecule has 1 fully saturated rings. The zero-order chi connectivity index (χ0) is 14.3. The highest BCUT2D eigenvalue weighted by Crippen LogP contribution is 2.47. The highest BCUT2D eigenvalue weighted by molar-refractivity contribution is 7.07. The Morgan fingerprint density at radius 3 is 2.68 bits per heavy atom. The molecule has 2 heterocycles. The Bertz CT molecular complexity index is 460. The fourth-order valence-corrected chi connectivity index (χ4v) is 3.17. The maximum absolute atomic E-state index is 13.0. The lowest BCUT2D eigenvalue weighted by molar-refractivity contribution is -0.227. The molecule has 19 heavy (non-hydrogen) atoms. The van der Waals surface area contributed by atoms with Crippen LogP contribution in [0.25, 0.3) is 0 Å². The molecule has 0 spiro atoms. The molecule has 1 saturated heterocycles. The quantitative estimate of drug-likeness (QED) is 0.930. The highest BCUT2D eigenvalue weighted by Gasteiger charge is 2.63. The molecule has 2 unspecified atom stereocenters. The van der Waals surface area contributed by atoms with Crippen molar-refractivity contribution in [1.29, 1.82) is 0 Å². The van der Waals surface area contributed by atoms with Crippen molar-refractivity contribution in [3.05, 3.63) is 22.4 Å². The number of thiophene rings is 1. The van der Waals surface area contributed by atoms with Crippen LogP contribution in [-0.2, 0) is 4.79 Å². The Balaban J connectivity index is 2.20. The van der Waals surface area contributed by atoms with Crippen molar-refractivity contribution in [2.24, 2.45) is 5.41 Å². The summed E-state index contributed by atoms with van der Waals surface area (Å²) in [6.45, 7) is 1.46. The van der Waals surface area contributed by atoms with Gasteiger partial charge in [0.15, 0.2) is 5.41 Å². The first-order valence-electron chi connectivity index (χ1n) is 5.84. The molecule has 2 atom stereocenters. The molecule has 1 aliphatic rings. The van der Waals surface area contributed by atoms with E-state index in [1.54, 1.807) is 11.8 Å². The third kappa shape index (κ3) is 2.36. The Labute approximate surface area is 112 Å². The average Bonchev–Trinajstić information content (AvgIpc) is 2.97. The number of aliphatic carboxylic acids is 1. The van der Waals surface area contributed by atoms with Gasteiger partial charge in [0.2, 0.25) is 0 Å². The second kappa shape index (κ2) is 4.79. The van der Waals surface area contributed by atoms with Gasteiger partial charge in [-0.05, 0) is 35.7 Å². The number of hydrogen-bond donors (Lipinski definition) is 1. The number of rotatable bonds is 3. The van der Waals surface area contributed by atoms with E-state index in [0.717, 1.165) is 5.56 Å². The first-order valence-corrected chi connectivity index (χ1v) is 6.78. The molecule has 3 nitrogen and oxygen atoms in total. The molecule has 0 saturated carbocycles. The summed E-state index contributed by atoms with van der Waals surface area (Å²) in [7, 11) is 0. The van der Waals surface area contributed by atoms with Gasteiger partial charge in [0.05, 0.1) is 0 Å². The molecule has 1 N–H and O–H groups in total. The number of halogens is 3. The van der Waals surface area contributed by atoms with Crippen LogP contribution in [0.15, 0.2) is 16.8 Å². The van der Waals surface area contributed by atoms with E-state index in [9.17, 15) is 18.0 Å². The van der Waals surface area contributed by atoms with Crippen LogP contribution in [0.4, 0.5) is 13.2 Å². The normalized spacial score (nSPS) is 26.5. The molecule has 0 aliphatic carbocycles. The van der Waals surface area contributed by atoms with Gasteiger partial charge in [0.1, 0.15) is 0 Å². The monoisotopic (exact) mass is 293 g/mol. The largest absolute Gasteiger partial charge is 0.481 e. The first-order chi connectivity index (χ1) is 8.78. The van der Waals surface area contributed by atoms with Crippen molar-refractivity contribution in [2.75, 3.05) is 13.1 Å². The predicted octanol–water partition coefficient (Wildman–Crippen LogP) is 3.15. The van der Waals surface area contributed by atoms with Gasteiger partial charge in [-0.2, -0.15) is 24.5 Å². The van der Waals surface area contributed by atoms with Crippen LogP contribution in [0.1, 0.15) is 24.9 Å². The number of likely N-dealkylation sites (tertiary alicyclic amines) is 1. The molecule has 1 aliphatic heterocycles. The summed E-state index contributed by atoms with van der Waals surface area (Å²) in [4.78, 5) is 12.7. The number of hydrogen-bond acceptors (Lipinski definition) is 3. The summed E-state index contributed by atoms with van der Waals surface area (Å²) >= 11 is 1.47. The summed E-state index contributed by atoms with van der Waals surface area (Å²) in [6.07, 6.45) is -5.11. The molecule has 0 bridgehead atoms. The summed E-state index contributed by atoms with van der Waals surface area (Å²) in [6, 6.07) is 1.65. The van der Waals surface area contributed by atoms with Gasteiger partial charge < -0.3 is 5.11 Å². The van der Waals surface area contributed by atoms with Crippen molar-refractivity contribution in [3.8, 4) is 0 Å². The SMILES string of the molecule is CC(c1ccsc1)N1CCC(C(=O)O)(C(F)(F)F)C1. The van der Waals surface area contributed by atoms with Crippen molar-refractivity contribution >= 4 is 17.3 Å². The van der Waals surface area contributed by atoms with Crippen LogP contribution in [0, 0.1) is 5.41 Å². The highest BCUT2D eigenvalue weighted by atomic mass is 32.1. The third-order valence-corrected chi connectivity index (χ3v) is 4.53. The van der Waals surface area contributed by atoms with Crippen LogP contribution >= 0.6 is 11.3 Å². The van der Waals surface area contributed by atoms with Crippen LogP contribution in [0.5, 0.6) is 0 Å². The van der Waals surface area contributed by atoms with E-state index in [1.807, 2.05) is 16.8 Å². The standard InChI is InChI=1S/C12H14F3NO2S/c1-8(9-2-5-19-6-9)16-4-3-11(7-16,10(17)18)12(13,14)15/h2,5-6,8H,3-4,7H2,1H3,(H,17,18). The maximum atomic E-state index is 13.0. The Morgan fingerprint density at radius 1 is 1.58 bits per heavy atom. The topological polar surface area (TPSA) is 40.5 Å².